The summed E-state index contributed by atoms with van der Waals surface area (Å²) in [6, 6.07) is 16.4. The predicted molar refractivity (Wildman–Crippen MR) is 67.1 cm³/mol. The molecule has 0 aliphatic carbocycles. The first-order valence-electron chi connectivity index (χ1n) is 5.44. The minimum Gasteiger partial charge on any atom is -0.256 e. The highest BCUT2D eigenvalue weighted by Crippen LogP contribution is 2.27. The molecule has 2 heteroatoms. The third kappa shape index (κ3) is 1.78. The number of hydrogen-bond acceptors (Lipinski definition) is 1. The van der Waals surface area contributed by atoms with Gasteiger partial charge in [0.25, 0.3) is 0 Å². The molecular formula is C15H10FN. The largest absolute Gasteiger partial charge is 0.256 e. The van der Waals surface area contributed by atoms with Gasteiger partial charge in [0.1, 0.15) is 5.82 Å². The maximum atomic E-state index is 13.2. The van der Waals surface area contributed by atoms with Gasteiger partial charge in [-0.3, -0.25) is 4.98 Å². The molecule has 0 saturated carbocycles. The molecule has 0 aliphatic rings. The Morgan fingerprint density at radius 2 is 1.76 bits per heavy atom. The Morgan fingerprint density at radius 1 is 0.882 bits per heavy atom. The molecule has 0 fully saturated rings. The maximum Gasteiger partial charge on any atom is 0.123 e. The van der Waals surface area contributed by atoms with Crippen LogP contribution in [0.3, 0.4) is 0 Å². The SMILES string of the molecule is Fc1cccc(-c2cccc3ncccc23)c1. The third-order valence-corrected chi connectivity index (χ3v) is 2.78. The molecule has 0 spiro atoms. The predicted octanol–water partition coefficient (Wildman–Crippen LogP) is 4.04. The van der Waals surface area contributed by atoms with Crippen molar-refractivity contribution in [2.45, 2.75) is 0 Å². The number of aromatic nitrogens is 1. The van der Waals surface area contributed by atoms with Crippen molar-refractivity contribution in [3.8, 4) is 11.1 Å². The summed E-state index contributed by atoms with van der Waals surface area (Å²) in [4.78, 5) is 4.30. The molecule has 0 atom stereocenters. The topological polar surface area (TPSA) is 12.9 Å². The number of rotatable bonds is 1. The summed E-state index contributed by atoms with van der Waals surface area (Å²) in [6.07, 6.45) is 1.76. The Hall–Kier alpha value is -2.22. The average Bonchev–Trinajstić information content (AvgIpc) is 2.38. The minimum atomic E-state index is -0.219. The molecule has 1 nitrogen and oxygen atoms in total. The van der Waals surface area contributed by atoms with Crippen molar-refractivity contribution >= 4 is 10.9 Å². The lowest BCUT2D eigenvalue weighted by Gasteiger charge is -2.06. The standard InChI is InChI=1S/C15H10FN/c16-12-5-1-4-11(10-12)13-6-2-8-15-14(13)7-3-9-17-15/h1-10H. The molecule has 3 rings (SSSR count). The first-order valence-corrected chi connectivity index (χ1v) is 5.44. The molecule has 0 saturated heterocycles. The fourth-order valence-electron chi connectivity index (χ4n) is 2.01. The van der Waals surface area contributed by atoms with Crippen LogP contribution in [0.2, 0.25) is 0 Å². The Bertz CT molecular complexity index is 671. The van der Waals surface area contributed by atoms with E-state index in [4.69, 9.17) is 0 Å². The molecule has 0 aliphatic heterocycles. The summed E-state index contributed by atoms with van der Waals surface area (Å²) in [7, 11) is 0. The fraction of sp³-hybridized carbons (Fsp3) is 0. The molecule has 1 heterocycles. The maximum absolute atomic E-state index is 13.2. The molecular weight excluding hydrogens is 213 g/mol. The second-order valence-corrected chi connectivity index (χ2v) is 3.89. The van der Waals surface area contributed by atoms with Crippen molar-refractivity contribution < 1.29 is 4.39 Å². The van der Waals surface area contributed by atoms with E-state index in [0.29, 0.717) is 0 Å². The zero-order chi connectivity index (χ0) is 11.7. The lowest BCUT2D eigenvalue weighted by atomic mass is 10.0. The fourth-order valence-corrected chi connectivity index (χ4v) is 2.01. The number of nitrogens with zero attached hydrogens (tertiary/aromatic N) is 1. The van der Waals surface area contributed by atoms with Crippen LogP contribution in [0, 0.1) is 5.82 Å². The summed E-state index contributed by atoms with van der Waals surface area (Å²) >= 11 is 0. The van der Waals surface area contributed by atoms with Crippen LogP contribution in [0.1, 0.15) is 0 Å². The normalized spacial score (nSPS) is 10.6. The van der Waals surface area contributed by atoms with E-state index >= 15 is 0 Å². The van der Waals surface area contributed by atoms with Crippen LogP contribution in [0.4, 0.5) is 4.39 Å². The Balaban J connectivity index is 2.30. The van der Waals surface area contributed by atoms with E-state index in [1.165, 1.54) is 6.07 Å². The Morgan fingerprint density at radius 3 is 2.65 bits per heavy atom. The minimum absolute atomic E-state index is 0.219. The van der Waals surface area contributed by atoms with Gasteiger partial charge in [-0.25, -0.2) is 4.39 Å². The average molecular weight is 223 g/mol. The van der Waals surface area contributed by atoms with Crippen LogP contribution >= 0.6 is 0 Å². The summed E-state index contributed by atoms with van der Waals surface area (Å²) in [5, 5.41) is 1.04. The van der Waals surface area contributed by atoms with Gasteiger partial charge in [-0.1, -0.05) is 30.3 Å². The van der Waals surface area contributed by atoms with Gasteiger partial charge in [0, 0.05) is 11.6 Å². The van der Waals surface area contributed by atoms with Crippen LogP contribution < -0.4 is 0 Å². The van der Waals surface area contributed by atoms with E-state index in [0.717, 1.165) is 22.0 Å². The number of fused-ring (bicyclic) bond motifs is 1. The van der Waals surface area contributed by atoms with Crippen LogP contribution in [-0.4, -0.2) is 4.98 Å². The lowest BCUT2D eigenvalue weighted by Crippen LogP contribution is -1.84. The number of hydrogen-bond donors (Lipinski definition) is 0. The van der Waals surface area contributed by atoms with Gasteiger partial charge in [0.2, 0.25) is 0 Å². The van der Waals surface area contributed by atoms with E-state index in [-0.39, 0.29) is 5.82 Å². The lowest BCUT2D eigenvalue weighted by molar-refractivity contribution is 0.628. The number of pyridine rings is 1. The molecule has 0 amide bonds. The van der Waals surface area contributed by atoms with Gasteiger partial charge in [-0.05, 0) is 35.4 Å². The zero-order valence-electron chi connectivity index (χ0n) is 9.10. The van der Waals surface area contributed by atoms with Crippen molar-refractivity contribution in [2.75, 3.05) is 0 Å². The highest BCUT2D eigenvalue weighted by atomic mass is 19.1. The second kappa shape index (κ2) is 3.98. The monoisotopic (exact) mass is 223 g/mol. The first-order chi connectivity index (χ1) is 8.34. The smallest absolute Gasteiger partial charge is 0.123 e. The first kappa shape index (κ1) is 9.97. The molecule has 2 aromatic carbocycles. The van der Waals surface area contributed by atoms with Gasteiger partial charge in [-0.2, -0.15) is 0 Å². The van der Waals surface area contributed by atoms with Crippen LogP contribution in [-0.2, 0) is 0 Å². The van der Waals surface area contributed by atoms with Crippen molar-refractivity contribution in [2.24, 2.45) is 0 Å². The summed E-state index contributed by atoms with van der Waals surface area (Å²) < 4.78 is 13.2. The van der Waals surface area contributed by atoms with Crippen molar-refractivity contribution in [1.82, 2.24) is 4.98 Å². The van der Waals surface area contributed by atoms with Gasteiger partial charge >= 0.3 is 0 Å². The molecule has 0 bridgehead atoms. The van der Waals surface area contributed by atoms with Crippen LogP contribution in [0.25, 0.3) is 22.0 Å². The molecule has 0 unspecified atom stereocenters. The molecule has 1 aromatic heterocycles. The highest BCUT2D eigenvalue weighted by Gasteiger charge is 2.04. The summed E-state index contributed by atoms with van der Waals surface area (Å²) in [6.45, 7) is 0. The highest BCUT2D eigenvalue weighted by molar-refractivity contribution is 5.94. The summed E-state index contributed by atoms with van der Waals surface area (Å²) in [5.41, 5.74) is 2.81. The molecule has 17 heavy (non-hydrogen) atoms. The summed E-state index contributed by atoms with van der Waals surface area (Å²) in [5.74, 6) is -0.219. The van der Waals surface area contributed by atoms with Crippen molar-refractivity contribution in [1.29, 1.82) is 0 Å². The Labute approximate surface area is 98.6 Å². The van der Waals surface area contributed by atoms with Gasteiger partial charge in [0.05, 0.1) is 5.52 Å². The van der Waals surface area contributed by atoms with E-state index < -0.39 is 0 Å². The third-order valence-electron chi connectivity index (χ3n) is 2.78. The van der Waals surface area contributed by atoms with E-state index in [1.807, 2.05) is 36.4 Å². The molecule has 82 valence electrons. The van der Waals surface area contributed by atoms with E-state index in [2.05, 4.69) is 4.98 Å². The van der Waals surface area contributed by atoms with E-state index in [1.54, 1.807) is 18.3 Å². The molecule has 0 radical (unpaired) electrons. The Kier molecular flexibility index (Phi) is 2.33. The second-order valence-electron chi connectivity index (χ2n) is 3.89. The van der Waals surface area contributed by atoms with Crippen LogP contribution in [0.15, 0.2) is 60.8 Å². The van der Waals surface area contributed by atoms with E-state index in [9.17, 15) is 4.39 Å². The zero-order valence-corrected chi connectivity index (χ0v) is 9.10. The quantitative estimate of drug-likeness (QED) is 0.606. The van der Waals surface area contributed by atoms with Gasteiger partial charge < -0.3 is 0 Å². The molecule has 0 N–H and O–H groups in total. The molecule has 3 aromatic rings. The number of benzene rings is 2. The van der Waals surface area contributed by atoms with Crippen molar-refractivity contribution in [3.63, 3.8) is 0 Å². The van der Waals surface area contributed by atoms with Crippen LogP contribution in [0.5, 0.6) is 0 Å². The van der Waals surface area contributed by atoms with Gasteiger partial charge in [-0.15, -0.1) is 0 Å². The number of halogens is 1. The van der Waals surface area contributed by atoms with Crippen molar-refractivity contribution in [3.05, 3.63) is 66.6 Å². The van der Waals surface area contributed by atoms with Gasteiger partial charge in [0.15, 0.2) is 0 Å².